The Kier molecular flexibility index (Phi) is 4.85. The van der Waals surface area contributed by atoms with Gasteiger partial charge in [-0.25, -0.2) is 0 Å². The molecule has 110 valence electrons. The minimum absolute atomic E-state index is 0.233. The number of β-amino-alcohol motifs (C(OH)–C–C–N with tert-alkyl or cyclic N) is 1. The third-order valence-electron chi connectivity index (χ3n) is 4.79. The van der Waals surface area contributed by atoms with Crippen LogP contribution in [0.25, 0.3) is 0 Å². The van der Waals surface area contributed by atoms with Crippen molar-refractivity contribution in [1.29, 1.82) is 0 Å². The lowest BCUT2D eigenvalue weighted by Gasteiger charge is -2.38. The number of hydrogen-bond acceptors (Lipinski definition) is 3. The highest BCUT2D eigenvalue weighted by Gasteiger charge is 2.32. The quantitative estimate of drug-likeness (QED) is 0.815. The Morgan fingerprint density at radius 1 is 1.32 bits per heavy atom. The number of nitrogens with two attached hydrogens (primary N) is 1. The van der Waals surface area contributed by atoms with E-state index in [-0.39, 0.29) is 5.91 Å². The highest BCUT2D eigenvalue weighted by atomic mass is 16.3. The Morgan fingerprint density at radius 3 is 2.53 bits per heavy atom. The summed E-state index contributed by atoms with van der Waals surface area (Å²) in [5.74, 6) is 1.43. The normalized spacial score (nSPS) is 36.3. The Balaban J connectivity index is 1.78. The van der Waals surface area contributed by atoms with Gasteiger partial charge in [-0.05, 0) is 63.8 Å². The summed E-state index contributed by atoms with van der Waals surface area (Å²) in [6, 6.07) is 0. The largest absolute Gasteiger partial charge is 0.388 e. The lowest BCUT2D eigenvalue weighted by Crippen LogP contribution is -2.49. The summed E-state index contributed by atoms with van der Waals surface area (Å²) in [5, 5.41) is 10.1. The second kappa shape index (κ2) is 6.23. The van der Waals surface area contributed by atoms with Gasteiger partial charge in [0, 0.05) is 19.5 Å². The SMILES string of the molecule is CC1(O)CCCN(C(=O)CC2CCC(CN)CC2)C1. The first-order valence-corrected chi connectivity index (χ1v) is 7.70. The monoisotopic (exact) mass is 268 g/mol. The fourth-order valence-corrected chi connectivity index (χ4v) is 3.48. The number of carbonyl (C=O) groups is 1. The fourth-order valence-electron chi connectivity index (χ4n) is 3.48. The predicted molar refractivity (Wildman–Crippen MR) is 75.6 cm³/mol. The maximum atomic E-state index is 12.3. The second-order valence-electron chi connectivity index (χ2n) is 6.74. The van der Waals surface area contributed by atoms with Crippen LogP contribution in [-0.2, 0) is 4.79 Å². The summed E-state index contributed by atoms with van der Waals surface area (Å²) in [4.78, 5) is 14.2. The molecule has 3 N–H and O–H groups in total. The van der Waals surface area contributed by atoms with Crippen LogP contribution in [0, 0.1) is 11.8 Å². The van der Waals surface area contributed by atoms with E-state index >= 15 is 0 Å². The average Bonchev–Trinajstić information content (AvgIpc) is 2.38. The number of amides is 1. The molecule has 1 aliphatic carbocycles. The molecule has 1 heterocycles. The third-order valence-corrected chi connectivity index (χ3v) is 4.79. The van der Waals surface area contributed by atoms with E-state index in [1.807, 2.05) is 11.8 Å². The highest BCUT2D eigenvalue weighted by Crippen LogP contribution is 2.31. The predicted octanol–water partition coefficient (Wildman–Crippen LogP) is 1.51. The number of nitrogens with zero attached hydrogens (tertiary/aromatic N) is 1. The van der Waals surface area contributed by atoms with E-state index in [0.717, 1.165) is 38.8 Å². The molecule has 0 spiro atoms. The van der Waals surface area contributed by atoms with Crippen molar-refractivity contribution in [2.45, 2.75) is 57.5 Å². The number of rotatable bonds is 3. The van der Waals surface area contributed by atoms with E-state index in [1.165, 1.54) is 12.8 Å². The van der Waals surface area contributed by atoms with Crippen LogP contribution in [0.2, 0.25) is 0 Å². The molecule has 1 atom stereocenters. The molecule has 2 aliphatic rings. The lowest BCUT2D eigenvalue weighted by atomic mass is 9.80. The molecule has 2 fully saturated rings. The van der Waals surface area contributed by atoms with Crippen LogP contribution in [0.3, 0.4) is 0 Å². The van der Waals surface area contributed by atoms with Crippen LogP contribution in [0.15, 0.2) is 0 Å². The van der Waals surface area contributed by atoms with Gasteiger partial charge in [0.1, 0.15) is 0 Å². The topological polar surface area (TPSA) is 66.6 Å². The van der Waals surface area contributed by atoms with Crippen molar-refractivity contribution in [3.63, 3.8) is 0 Å². The Hall–Kier alpha value is -0.610. The van der Waals surface area contributed by atoms with Crippen molar-refractivity contribution in [3.8, 4) is 0 Å². The van der Waals surface area contributed by atoms with Crippen molar-refractivity contribution in [3.05, 3.63) is 0 Å². The lowest BCUT2D eigenvalue weighted by molar-refractivity contribution is -0.138. The molecule has 1 saturated heterocycles. The maximum absolute atomic E-state index is 12.3. The van der Waals surface area contributed by atoms with Gasteiger partial charge in [0.2, 0.25) is 5.91 Å². The molecule has 1 saturated carbocycles. The summed E-state index contributed by atoms with van der Waals surface area (Å²) >= 11 is 0. The van der Waals surface area contributed by atoms with E-state index in [1.54, 1.807) is 0 Å². The summed E-state index contributed by atoms with van der Waals surface area (Å²) in [7, 11) is 0. The van der Waals surface area contributed by atoms with Gasteiger partial charge in [-0.1, -0.05) is 0 Å². The van der Waals surface area contributed by atoms with Crippen molar-refractivity contribution < 1.29 is 9.90 Å². The van der Waals surface area contributed by atoms with Crippen LogP contribution in [0.5, 0.6) is 0 Å². The van der Waals surface area contributed by atoms with E-state index in [9.17, 15) is 9.90 Å². The van der Waals surface area contributed by atoms with E-state index < -0.39 is 5.60 Å². The number of likely N-dealkylation sites (tertiary alicyclic amines) is 1. The minimum atomic E-state index is -0.689. The first-order valence-electron chi connectivity index (χ1n) is 7.70. The van der Waals surface area contributed by atoms with Crippen LogP contribution < -0.4 is 5.73 Å². The zero-order valence-electron chi connectivity index (χ0n) is 12.1. The molecule has 1 aliphatic heterocycles. The molecule has 1 unspecified atom stereocenters. The summed E-state index contributed by atoms with van der Waals surface area (Å²) in [6.07, 6.45) is 7.00. The molecule has 0 radical (unpaired) electrons. The number of piperidine rings is 1. The first-order chi connectivity index (χ1) is 9.00. The Labute approximate surface area is 116 Å². The summed E-state index contributed by atoms with van der Waals surface area (Å²) in [5.41, 5.74) is 5.00. The molecule has 0 aromatic heterocycles. The summed E-state index contributed by atoms with van der Waals surface area (Å²) < 4.78 is 0. The highest BCUT2D eigenvalue weighted by molar-refractivity contribution is 5.76. The molecule has 1 amide bonds. The number of aliphatic hydroxyl groups is 1. The maximum Gasteiger partial charge on any atom is 0.222 e. The number of hydrogen-bond donors (Lipinski definition) is 2. The zero-order chi connectivity index (χ0) is 13.9. The average molecular weight is 268 g/mol. The van der Waals surface area contributed by atoms with Crippen LogP contribution in [0.4, 0.5) is 0 Å². The second-order valence-corrected chi connectivity index (χ2v) is 6.74. The minimum Gasteiger partial charge on any atom is -0.388 e. The van der Waals surface area contributed by atoms with Gasteiger partial charge in [-0.15, -0.1) is 0 Å². The molecular weight excluding hydrogens is 240 g/mol. The molecule has 0 aromatic rings. The van der Waals surface area contributed by atoms with Gasteiger partial charge < -0.3 is 15.7 Å². The fraction of sp³-hybridized carbons (Fsp3) is 0.933. The van der Waals surface area contributed by atoms with Gasteiger partial charge in [0.15, 0.2) is 0 Å². The molecule has 2 rings (SSSR count). The molecule has 4 nitrogen and oxygen atoms in total. The molecule has 19 heavy (non-hydrogen) atoms. The van der Waals surface area contributed by atoms with E-state index in [2.05, 4.69) is 0 Å². The van der Waals surface area contributed by atoms with Crippen molar-refractivity contribution in [1.82, 2.24) is 4.90 Å². The molecule has 0 bridgehead atoms. The molecule has 4 heteroatoms. The molecule has 0 aromatic carbocycles. The van der Waals surface area contributed by atoms with Crippen LogP contribution >= 0.6 is 0 Å². The van der Waals surface area contributed by atoms with E-state index in [4.69, 9.17) is 5.73 Å². The first kappa shape index (κ1) is 14.8. The van der Waals surface area contributed by atoms with E-state index in [0.29, 0.717) is 24.8 Å². The van der Waals surface area contributed by atoms with Gasteiger partial charge >= 0.3 is 0 Å². The standard InChI is InChI=1S/C15H28N2O2/c1-15(19)7-2-8-17(11-15)14(18)9-12-3-5-13(10-16)6-4-12/h12-13,19H,2-11,16H2,1H3. The van der Waals surface area contributed by atoms with Crippen molar-refractivity contribution >= 4 is 5.91 Å². The van der Waals surface area contributed by atoms with Gasteiger partial charge in [0.25, 0.3) is 0 Å². The third kappa shape index (κ3) is 4.18. The summed E-state index contributed by atoms with van der Waals surface area (Å²) in [6.45, 7) is 3.94. The van der Waals surface area contributed by atoms with Gasteiger partial charge in [-0.3, -0.25) is 4.79 Å². The van der Waals surface area contributed by atoms with Crippen molar-refractivity contribution in [2.75, 3.05) is 19.6 Å². The van der Waals surface area contributed by atoms with Gasteiger partial charge in [0.05, 0.1) is 5.60 Å². The smallest absolute Gasteiger partial charge is 0.222 e. The van der Waals surface area contributed by atoms with Gasteiger partial charge in [-0.2, -0.15) is 0 Å². The molecular formula is C15H28N2O2. The van der Waals surface area contributed by atoms with Crippen molar-refractivity contribution in [2.24, 2.45) is 17.6 Å². The Morgan fingerprint density at radius 2 is 1.95 bits per heavy atom. The van der Waals surface area contributed by atoms with Crippen LogP contribution in [-0.4, -0.2) is 41.1 Å². The Bertz CT molecular complexity index is 309. The number of carbonyl (C=O) groups excluding carboxylic acids is 1. The zero-order valence-corrected chi connectivity index (χ0v) is 12.1. The van der Waals surface area contributed by atoms with Crippen LogP contribution in [0.1, 0.15) is 51.9 Å².